The van der Waals surface area contributed by atoms with Gasteiger partial charge in [-0.15, -0.1) is 0 Å². The number of likely N-dealkylation sites (N-methyl/N-ethyl adjacent to an activating group) is 1. The standard InChI is InChI=1S/C22H23FN2O2/c1-24-21(27)19(16-5-3-2-4-6-16)15-22(24)11-13-25(14-12-22)20(26)17-7-9-18(23)10-8-17/h2-10,19H,11-15H2,1H3. The number of benzene rings is 2. The molecule has 2 aliphatic rings. The highest BCUT2D eigenvalue weighted by molar-refractivity contribution is 5.94. The van der Waals surface area contributed by atoms with Gasteiger partial charge in [0.1, 0.15) is 5.82 Å². The van der Waals surface area contributed by atoms with Crippen molar-refractivity contribution in [2.24, 2.45) is 0 Å². The van der Waals surface area contributed by atoms with Gasteiger partial charge in [-0.2, -0.15) is 0 Å². The molecule has 0 radical (unpaired) electrons. The summed E-state index contributed by atoms with van der Waals surface area (Å²) in [7, 11) is 1.89. The van der Waals surface area contributed by atoms with Crippen molar-refractivity contribution in [3.8, 4) is 0 Å². The third-order valence-electron chi connectivity index (χ3n) is 6.20. The quantitative estimate of drug-likeness (QED) is 0.817. The van der Waals surface area contributed by atoms with E-state index in [2.05, 4.69) is 0 Å². The van der Waals surface area contributed by atoms with Gasteiger partial charge in [0, 0.05) is 31.2 Å². The fraction of sp³-hybridized carbons (Fsp3) is 0.364. The molecule has 4 rings (SSSR count). The first-order chi connectivity index (χ1) is 13.0. The molecular formula is C22H23FN2O2. The normalized spacial score (nSPS) is 21.7. The Morgan fingerprint density at radius 1 is 1.04 bits per heavy atom. The van der Waals surface area contributed by atoms with Crippen LogP contribution in [0.4, 0.5) is 4.39 Å². The lowest BCUT2D eigenvalue weighted by Crippen LogP contribution is -2.52. The first-order valence-electron chi connectivity index (χ1n) is 9.38. The van der Waals surface area contributed by atoms with Gasteiger partial charge in [0.25, 0.3) is 5.91 Å². The van der Waals surface area contributed by atoms with Crippen molar-refractivity contribution in [2.75, 3.05) is 20.1 Å². The molecule has 0 aromatic heterocycles. The Balaban J connectivity index is 1.47. The van der Waals surface area contributed by atoms with Gasteiger partial charge >= 0.3 is 0 Å². The second kappa shape index (κ2) is 6.80. The Morgan fingerprint density at radius 2 is 1.67 bits per heavy atom. The van der Waals surface area contributed by atoms with E-state index < -0.39 is 0 Å². The highest BCUT2D eigenvalue weighted by Crippen LogP contribution is 2.44. The maximum atomic E-state index is 13.1. The molecule has 0 N–H and O–H groups in total. The molecule has 2 aliphatic heterocycles. The number of nitrogens with zero attached hydrogens (tertiary/aromatic N) is 2. The summed E-state index contributed by atoms with van der Waals surface area (Å²) < 4.78 is 13.1. The van der Waals surface area contributed by atoms with E-state index in [1.54, 1.807) is 0 Å². The van der Waals surface area contributed by atoms with Crippen molar-refractivity contribution in [1.82, 2.24) is 9.80 Å². The molecule has 1 spiro atoms. The maximum absolute atomic E-state index is 13.1. The minimum absolute atomic E-state index is 0.0727. The van der Waals surface area contributed by atoms with E-state index in [0.29, 0.717) is 18.7 Å². The maximum Gasteiger partial charge on any atom is 0.253 e. The van der Waals surface area contributed by atoms with Gasteiger partial charge in [-0.3, -0.25) is 9.59 Å². The van der Waals surface area contributed by atoms with Crippen molar-refractivity contribution < 1.29 is 14.0 Å². The predicted molar refractivity (Wildman–Crippen MR) is 101 cm³/mol. The van der Waals surface area contributed by atoms with Crippen LogP contribution in [0.5, 0.6) is 0 Å². The van der Waals surface area contributed by atoms with Crippen LogP contribution in [0.2, 0.25) is 0 Å². The lowest BCUT2D eigenvalue weighted by Gasteiger charge is -2.43. The summed E-state index contributed by atoms with van der Waals surface area (Å²) in [6.07, 6.45) is 2.34. The number of likely N-dealkylation sites (tertiary alicyclic amines) is 2. The third kappa shape index (κ3) is 3.11. The van der Waals surface area contributed by atoms with Gasteiger partial charge in [0.05, 0.1) is 5.92 Å². The number of rotatable bonds is 2. The zero-order valence-corrected chi connectivity index (χ0v) is 15.4. The predicted octanol–water partition coefficient (Wildman–Crippen LogP) is 3.45. The number of hydrogen-bond acceptors (Lipinski definition) is 2. The molecule has 140 valence electrons. The highest BCUT2D eigenvalue weighted by atomic mass is 19.1. The first-order valence-corrected chi connectivity index (χ1v) is 9.38. The van der Waals surface area contributed by atoms with Crippen LogP contribution in [-0.4, -0.2) is 47.3 Å². The van der Waals surface area contributed by atoms with E-state index in [1.165, 1.54) is 24.3 Å². The molecule has 2 saturated heterocycles. The number of halogens is 1. The Labute approximate surface area is 158 Å². The summed E-state index contributed by atoms with van der Waals surface area (Å²) in [6, 6.07) is 15.6. The molecule has 4 nitrogen and oxygen atoms in total. The van der Waals surface area contributed by atoms with Crippen molar-refractivity contribution in [3.63, 3.8) is 0 Å². The van der Waals surface area contributed by atoms with Crippen LogP contribution in [0.25, 0.3) is 0 Å². The summed E-state index contributed by atoms with van der Waals surface area (Å²) in [5.41, 5.74) is 1.39. The van der Waals surface area contributed by atoms with Crippen LogP contribution < -0.4 is 0 Å². The van der Waals surface area contributed by atoms with Gasteiger partial charge in [0.15, 0.2) is 0 Å². The van der Waals surface area contributed by atoms with E-state index in [9.17, 15) is 14.0 Å². The zero-order chi connectivity index (χ0) is 19.0. The molecule has 2 aromatic carbocycles. The summed E-state index contributed by atoms with van der Waals surface area (Å²) >= 11 is 0. The Hall–Kier alpha value is -2.69. The molecule has 1 atom stereocenters. The van der Waals surface area contributed by atoms with Gasteiger partial charge in [-0.1, -0.05) is 30.3 Å². The Kier molecular flexibility index (Phi) is 4.46. The minimum atomic E-state index is -0.345. The van der Waals surface area contributed by atoms with Gasteiger partial charge in [0.2, 0.25) is 5.91 Å². The van der Waals surface area contributed by atoms with Crippen LogP contribution in [0, 0.1) is 5.82 Å². The number of hydrogen-bond donors (Lipinski definition) is 0. The van der Waals surface area contributed by atoms with Crippen LogP contribution in [0.3, 0.4) is 0 Å². The second-order valence-electron chi connectivity index (χ2n) is 7.59. The number of carbonyl (C=O) groups is 2. The largest absolute Gasteiger partial charge is 0.339 e. The zero-order valence-electron chi connectivity index (χ0n) is 15.4. The lowest BCUT2D eigenvalue weighted by atomic mass is 9.81. The first kappa shape index (κ1) is 17.7. The van der Waals surface area contributed by atoms with Crippen molar-refractivity contribution in [1.29, 1.82) is 0 Å². The Morgan fingerprint density at radius 3 is 2.30 bits per heavy atom. The van der Waals surface area contributed by atoms with Gasteiger partial charge in [-0.25, -0.2) is 4.39 Å². The number of amides is 2. The van der Waals surface area contributed by atoms with Crippen molar-refractivity contribution in [3.05, 3.63) is 71.5 Å². The molecule has 0 aliphatic carbocycles. The highest BCUT2D eigenvalue weighted by Gasteiger charge is 2.50. The summed E-state index contributed by atoms with van der Waals surface area (Å²) in [5, 5.41) is 0. The number of carbonyl (C=O) groups excluding carboxylic acids is 2. The lowest BCUT2D eigenvalue weighted by molar-refractivity contribution is -0.131. The summed E-state index contributed by atoms with van der Waals surface area (Å²) in [4.78, 5) is 29.2. The molecule has 2 fully saturated rings. The van der Waals surface area contributed by atoms with Crippen LogP contribution >= 0.6 is 0 Å². The SMILES string of the molecule is CN1C(=O)C(c2ccccc2)CC12CCN(C(=O)c1ccc(F)cc1)CC2. The molecule has 5 heteroatoms. The van der Waals surface area contributed by atoms with E-state index in [4.69, 9.17) is 0 Å². The van der Waals surface area contributed by atoms with E-state index in [0.717, 1.165) is 24.8 Å². The van der Waals surface area contributed by atoms with Gasteiger partial charge < -0.3 is 9.80 Å². The molecular weight excluding hydrogens is 343 g/mol. The topological polar surface area (TPSA) is 40.6 Å². The summed E-state index contributed by atoms with van der Waals surface area (Å²) in [6.45, 7) is 1.21. The average Bonchev–Trinajstić information content (AvgIpc) is 2.95. The third-order valence-corrected chi connectivity index (χ3v) is 6.20. The minimum Gasteiger partial charge on any atom is -0.339 e. The smallest absolute Gasteiger partial charge is 0.253 e. The molecule has 0 bridgehead atoms. The fourth-order valence-electron chi connectivity index (χ4n) is 4.46. The molecule has 2 aromatic rings. The van der Waals surface area contributed by atoms with Crippen LogP contribution in [0.1, 0.15) is 41.1 Å². The van der Waals surface area contributed by atoms with E-state index in [1.807, 2.05) is 47.2 Å². The molecule has 27 heavy (non-hydrogen) atoms. The van der Waals surface area contributed by atoms with Gasteiger partial charge in [-0.05, 0) is 49.1 Å². The van der Waals surface area contributed by atoms with Crippen LogP contribution in [-0.2, 0) is 4.79 Å². The van der Waals surface area contributed by atoms with E-state index in [-0.39, 0.29) is 29.1 Å². The van der Waals surface area contributed by atoms with Crippen molar-refractivity contribution in [2.45, 2.75) is 30.7 Å². The van der Waals surface area contributed by atoms with Crippen molar-refractivity contribution >= 4 is 11.8 Å². The monoisotopic (exact) mass is 366 g/mol. The molecule has 1 unspecified atom stereocenters. The Bertz CT molecular complexity index is 842. The fourth-order valence-corrected chi connectivity index (χ4v) is 4.46. The summed E-state index contributed by atoms with van der Waals surface area (Å²) in [5.74, 6) is -0.353. The van der Waals surface area contributed by atoms with Crippen LogP contribution in [0.15, 0.2) is 54.6 Å². The number of piperidine rings is 1. The average molecular weight is 366 g/mol. The second-order valence-corrected chi connectivity index (χ2v) is 7.59. The molecule has 2 amide bonds. The molecule has 0 saturated carbocycles. The van der Waals surface area contributed by atoms with E-state index >= 15 is 0 Å². The molecule has 2 heterocycles.